The average Bonchev–Trinajstić information content (AvgIpc) is 2.94. The maximum atomic E-state index is 12.9. The second-order valence-corrected chi connectivity index (χ2v) is 4.70. The molecule has 8 heteroatoms. The Morgan fingerprint density at radius 3 is 2.86 bits per heavy atom. The average molecular weight is 291 g/mol. The molecule has 3 N–H and O–H groups in total. The zero-order chi connectivity index (χ0) is 14.8. The number of benzene rings is 1. The molecule has 1 aromatic heterocycles. The largest absolute Gasteiger partial charge is 0.370 e. The molecule has 0 radical (unpaired) electrons. The Kier molecular flexibility index (Phi) is 3.53. The Bertz CT molecular complexity index is 642. The van der Waals surface area contributed by atoms with Crippen LogP contribution in [0.25, 0.3) is 0 Å². The normalized spacial score (nSPS) is 18.7. The molecule has 2 heterocycles. The number of amides is 1. The summed E-state index contributed by atoms with van der Waals surface area (Å²) in [6.45, 7) is 1.22. The van der Waals surface area contributed by atoms with Crippen LogP contribution in [-0.2, 0) is 4.74 Å². The lowest BCUT2D eigenvalue weighted by Crippen LogP contribution is -2.42. The van der Waals surface area contributed by atoms with Gasteiger partial charge in [0.2, 0.25) is 11.8 Å². The second-order valence-electron chi connectivity index (χ2n) is 4.70. The molecule has 0 bridgehead atoms. The van der Waals surface area contributed by atoms with Gasteiger partial charge in [0, 0.05) is 6.54 Å². The van der Waals surface area contributed by atoms with Crippen molar-refractivity contribution in [2.75, 3.05) is 25.4 Å². The third kappa shape index (κ3) is 2.84. The summed E-state index contributed by atoms with van der Waals surface area (Å²) in [5.41, 5.74) is 6.22. The van der Waals surface area contributed by atoms with Crippen LogP contribution in [0.4, 0.5) is 10.3 Å². The first kappa shape index (κ1) is 13.5. The van der Waals surface area contributed by atoms with Crippen molar-refractivity contribution in [2.45, 2.75) is 6.10 Å². The predicted octanol–water partition coefficient (Wildman–Crippen LogP) is 0.740. The number of anilines is 1. The van der Waals surface area contributed by atoms with Gasteiger partial charge in [0.05, 0.1) is 13.2 Å². The number of nitrogens with zero attached hydrogens (tertiary/aromatic N) is 3. The molecular weight excluding hydrogens is 277 g/mol. The monoisotopic (exact) mass is 291 g/mol. The van der Waals surface area contributed by atoms with Crippen molar-refractivity contribution >= 4 is 11.9 Å². The molecule has 21 heavy (non-hydrogen) atoms. The van der Waals surface area contributed by atoms with Crippen molar-refractivity contribution < 1.29 is 13.9 Å². The summed E-state index contributed by atoms with van der Waals surface area (Å²) in [5.74, 6) is -0.455. The van der Waals surface area contributed by atoms with Crippen LogP contribution in [0.5, 0.6) is 0 Å². The number of nitrogen functional groups attached to an aromatic ring is 1. The smallest absolute Gasteiger partial charge is 0.291 e. The van der Waals surface area contributed by atoms with E-state index in [4.69, 9.17) is 10.5 Å². The number of ether oxygens (including phenoxy) is 1. The number of morpholine rings is 1. The fourth-order valence-corrected chi connectivity index (χ4v) is 2.23. The molecule has 1 saturated heterocycles. The number of hydrogen-bond acceptors (Lipinski definition) is 5. The quantitative estimate of drug-likeness (QED) is 0.850. The number of nitrogens with one attached hydrogen (secondary N) is 1. The molecule has 1 unspecified atom stereocenters. The number of rotatable bonds is 2. The number of aromatic nitrogens is 3. The van der Waals surface area contributed by atoms with Crippen LogP contribution >= 0.6 is 0 Å². The lowest BCUT2D eigenvalue weighted by molar-refractivity contribution is -0.0232. The van der Waals surface area contributed by atoms with Gasteiger partial charge in [-0.25, -0.2) is 4.39 Å². The van der Waals surface area contributed by atoms with Gasteiger partial charge in [0.25, 0.3) is 5.91 Å². The standard InChI is InChI=1S/C13H14FN5O2/c14-9-3-1-8(2-4-9)10-7-19(5-6-21-10)12(20)11-16-13(15)18-17-11/h1-4,10H,5-7H2,(H3,15,16,17,18). The molecule has 1 amide bonds. The van der Waals surface area contributed by atoms with Gasteiger partial charge in [0.15, 0.2) is 0 Å². The lowest BCUT2D eigenvalue weighted by atomic mass is 10.1. The van der Waals surface area contributed by atoms with Gasteiger partial charge >= 0.3 is 0 Å². The van der Waals surface area contributed by atoms with Gasteiger partial charge in [-0.1, -0.05) is 12.1 Å². The third-order valence-electron chi connectivity index (χ3n) is 3.30. The minimum atomic E-state index is -0.306. The molecular formula is C13H14FN5O2. The highest BCUT2D eigenvalue weighted by Crippen LogP contribution is 2.23. The maximum absolute atomic E-state index is 12.9. The topological polar surface area (TPSA) is 97.1 Å². The highest BCUT2D eigenvalue weighted by molar-refractivity contribution is 5.90. The molecule has 0 spiro atoms. The zero-order valence-electron chi connectivity index (χ0n) is 11.1. The van der Waals surface area contributed by atoms with E-state index in [1.54, 1.807) is 17.0 Å². The van der Waals surface area contributed by atoms with E-state index in [2.05, 4.69) is 15.2 Å². The van der Waals surface area contributed by atoms with Crippen molar-refractivity contribution in [3.8, 4) is 0 Å². The van der Waals surface area contributed by atoms with Crippen LogP contribution in [0.15, 0.2) is 24.3 Å². The maximum Gasteiger partial charge on any atom is 0.291 e. The van der Waals surface area contributed by atoms with Crippen molar-refractivity contribution in [1.29, 1.82) is 0 Å². The van der Waals surface area contributed by atoms with Crippen molar-refractivity contribution in [3.63, 3.8) is 0 Å². The highest BCUT2D eigenvalue weighted by Gasteiger charge is 2.27. The zero-order valence-corrected chi connectivity index (χ0v) is 11.1. The first-order valence-electron chi connectivity index (χ1n) is 6.47. The van der Waals surface area contributed by atoms with E-state index in [1.807, 2.05) is 0 Å². The lowest BCUT2D eigenvalue weighted by Gasteiger charge is -2.32. The number of carbonyl (C=O) groups is 1. The van der Waals surface area contributed by atoms with Crippen molar-refractivity contribution in [1.82, 2.24) is 20.1 Å². The molecule has 0 saturated carbocycles. The fourth-order valence-electron chi connectivity index (χ4n) is 2.23. The molecule has 1 atom stereocenters. The van der Waals surface area contributed by atoms with Crippen LogP contribution in [0.2, 0.25) is 0 Å². The minimum absolute atomic E-state index is 0.0293. The summed E-state index contributed by atoms with van der Waals surface area (Å²) in [6.07, 6.45) is -0.288. The molecule has 1 aromatic carbocycles. The molecule has 1 aliphatic rings. The molecule has 3 rings (SSSR count). The van der Waals surface area contributed by atoms with Gasteiger partial charge in [-0.2, -0.15) is 4.98 Å². The molecule has 110 valence electrons. The molecule has 7 nitrogen and oxygen atoms in total. The minimum Gasteiger partial charge on any atom is -0.370 e. The van der Waals surface area contributed by atoms with Gasteiger partial charge in [-0.3, -0.25) is 9.89 Å². The number of carbonyl (C=O) groups excluding carboxylic acids is 1. The Labute approximate surface area is 119 Å². The third-order valence-corrected chi connectivity index (χ3v) is 3.30. The van der Waals surface area contributed by atoms with Gasteiger partial charge < -0.3 is 15.4 Å². The Morgan fingerprint density at radius 2 is 2.19 bits per heavy atom. The van der Waals surface area contributed by atoms with Crippen LogP contribution in [0, 0.1) is 5.82 Å². The van der Waals surface area contributed by atoms with E-state index >= 15 is 0 Å². The van der Waals surface area contributed by atoms with Crippen LogP contribution in [0.3, 0.4) is 0 Å². The van der Waals surface area contributed by atoms with Gasteiger partial charge in [-0.15, -0.1) is 5.10 Å². The number of H-pyrrole nitrogens is 1. The Balaban J connectivity index is 1.73. The van der Waals surface area contributed by atoms with Gasteiger partial charge in [-0.05, 0) is 17.7 Å². The predicted molar refractivity (Wildman–Crippen MR) is 71.8 cm³/mol. The number of aromatic amines is 1. The second kappa shape index (κ2) is 5.49. The summed E-state index contributed by atoms with van der Waals surface area (Å²) in [6, 6.07) is 6.05. The fraction of sp³-hybridized carbons (Fsp3) is 0.308. The molecule has 1 fully saturated rings. The van der Waals surface area contributed by atoms with E-state index in [9.17, 15) is 9.18 Å². The van der Waals surface area contributed by atoms with Crippen LogP contribution in [-0.4, -0.2) is 45.7 Å². The molecule has 2 aromatic rings. The highest BCUT2D eigenvalue weighted by atomic mass is 19.1. The summed E-state index contributed by atoms with van der Waals surface area (Å²) >= 11 is 0. The van der Waals surface area contributed by atoms with Crippen molar-refractivity contribution in [3.05, 3.63) is 41.5 Å². The van der Waals surface area contributed by atoms with E-state index in [1.165, 1.54) is 12.1 Å². The van der Waals surface area contributed by atoms with E-state index in [0.717, 1.165) is 5.56 Å². The Hall–Kier alpha value is -2.48. The van der Waals surface area contributed by atoms with E-state index in [-0.39, 0.29) is 29.6 Å². The number of nitrogens with two attached hydrogens (primary N) is 1. The Morgan fingerprint density at radius 1 is 1.43 bits per heavy atom. The first-order valence-corrected chi connectivity index (χ1v) is 6.47. The van der Waals surface area contributed by atoms with E-state index < -0.39 is 0 Å². The number of halogens is 1. The van der Waals surface area contributed by atoms with Crippen LogP contribution in [0.1, 0.15) is 22.3 Å². The van der Waals surface area contributed by atoms with E-state index in [0.29, 0.717) is 19.7 Å². The first-order chi connectivity index (χ1) is 10.1. The summed E-state index contributed by atoms with van der Waals surface area (Å²) in [5, 5.41) is 6.14. The van der Waals surface area contributed by atoms with Crippen LogP contribution < -0.4 is 5.73 Å². The summed E-state index contributed by atoms with van der Waals surface area (Å²) < 4.78 is 18.6. The summed E-state index contributed by atoms with van der Waals surface area (Å²) in [4.78, 5) is 17.7. The summed E-state index contributed by atoms with van der Waals surface area (Å²) in [7, 11) is 0. The molecule has 1 aliphatic heterocycles. The number of hydrogen-bond donors (Lipinski definition) is 2. The van der Waals surface area contributed by atoms with Crippen molar-refractivity contribution in [2.24, 2.45) is 0 Å². The van der Waals surface area contributed by atoms with Gasteiger partial charge in [0.1, 0.15) is 11.9 Å². The molecule has 0 aliphatic carbocycles. The SMILES string of the molecule is Nc1n[nH]c(C(=O)N2CCOC(c3ccc(F)cc3)C2)n1.